The highest BCUT2D eigenvalue weighted by Crippen LogP contribution is 2.26. The first kappa shape index (κ1) is 10.2. The second-order valence-electron chi connectivity index (χ2n) is 3.09. The third-order valence-corrected chi connectivity index (χ3v) is 2.85. The summed E-state index contributed by atoms with van der Waals surface area (Å²) in [7, 11) is 0. The van der Waals surface area contributed by atoms with E-state index in [1.165, 1.54) is 0 Å². The summed E-state index contributed by atoms with van der Waals surface area (Å²) < 4.78 is 5.91. The maximum absolute atomic E-state index is 11.6. The molecular formula is C11H10BrNO2. The van der Waals surface area contributed by atoms with Gasteiger partial charge in [0.05, 0.1) is 6.61 Å². The van der Waals surface area contributed by atoms with E-state index in [-0.39, 0.29) is 5.97 Å². The Balaban J connectivity index is 2.54. The topological polar surface area (TPSA) is 42.1 Å². The van der Waals surface area contributed by atoms with E-state index >= 15 is 0 Å². The Bertz CT molecular complexity index is 504. The molecule has 0 aliphatic rings. The zero-order valence-electron chi connectivity index (χ0n) is 8.21. The van der Waals surface area contributed by atoms with Crippen molar-refractivity contribution in [2.75, 3.05) is 6.61 Å². The molecule has 1 aromatic heterocycles. The summed E-state index contributed by atoms with van der Waals surface area (Å²) in [6.07, 6.45) is 1.80. The molecule has 0 aliphatic carbocycles. The molecule has 0 bridgehead atoms. The summed E-state index contributed by atoms with van der Waals surface area (Å²) in [5.41, 5.74) is 0.508. The van der Waals surface area contributed by atoms with Crippen molar-refractivity contribution >= 4 is 32.7 Å². The van der Waals surface area contributed by atoms with Crippen LogP contribution in [0.2, 0.25) is 0 Å². The molecule has 0 spiro atoms. The molecule has 0 saturated heterocycles. The molecule has 1 aromatic carbocycles. The van der Waals surface area contributed by atoms with Crippen LogP contribution in [0.3, 0.4) is 0 Å². The lowest BCUT2D eigenvalue weighted by atomic mass is 10.2. The van der Waals surface area contributed by atoms with Crippen LogP contribution in [-0.2, 0) is 4.74 Å². The molecule has 1 heterocycles. The number of rotatable bonds is 2. The highest BCUT2D eigenvalue weighted by Gasteiger charge is 2.13. The maximum atomic E-state index is 11.6. The number of fused-ring (bicyclic) bond motifs is 1. The second kappa shape index (κ2) is 4.06. The van der Waals surface area contributed by atoms with Gasteiger partial charge in [-0.25, -0.2) is 4.79 Å². The molecule has 3 nitrogen and oxygen atoms in total. The summed E-state index contributed by atoms with van der Waals surface area (Å²) in [5.74, 6) is -0.314. The van der Waals surface area contributed by atoms with Crippen molar-refractivity contribution in [1.29, 1.82) is 0 Å². The van der Waals surface area contributed by atoms with E-state index in [4.69, 9.17) is 4.74 Å². The van der Waals surface area contributed by atoms with Gasteiger partial charge in [-0.3, -0.25) is 0 Å². The van der Waals surface area contributed by atoms with Gasteiger partial charge in [0.1, 0.15) is 5.69 Å². The normalized spacial score (nSPS) is 10.5. The number of aromatic nitrogens is 1. The van der Waals surface area contributed by atoms with Gasteiger partial charge >= 0.3 is 5.97 Å². The predicted octanol–water partition coefficient (Wildman–Crippen LogP) is 3.11. The van der Waals surface area contributed by atoms with Crippen molar-refractivity contribution in [3.8, 4) is 0 Å². The molecule has 0 aliphatic heterocycles. The quantitative estimate of drug-likeness (QED) is 0.850. The van der Waals surface area contributed by atoms with Crippen LogP contribution >= 0.6 is 15.9 Å². The molecule has 0 atom stereocenters. The van der Waals surface area contributed by atoms with Crippen LogP contribution in [0.5, 0.6) is 0 Å². The molecule has 0 fully saturated rings. The maximum Gasteiger partial charge on any atom is 0.355 e. The molecule has 0 radical (unpaired) electrons. The first-order chi connectivity index (χ1) is 7.24. The standard InChI is InChI=1S/C11H10BrNO2/c1-2-15-11(14)10-7-4-3-5-9(12)8(7)6-13-10/h3-6,13H,2H2,1H3. The van der Waals surface area contributed by atoms with Gasteiger partial charge in [0.25, 0.3) is 0 Å². The van der Waals surface area contributed by atoms with Gasteiger partial charge in [0.2, 0.25) is 0 Å². The minimum atomic E-state index is -0.314. The third kappa shape index (κ3) is 1.77. The van der Waals surface area contributed by atoms with E-state index in [0.717, 1.165) is 15.2 Å². The van der Waals surface area contributed by atoms with Crippen molar-refractivity contribution in [2.24, 2.45) is 0 Å². The summed E-state index contributed by atoms with van der Waals surface area (Å²) >= 11 is 3.43. The van der Waals surface area contributed by atoms with Gasteiger partial charge in [-0.05, 0) is 13.0 Å². The van der Waals surface area contributed by atoms with Gasteiger partial charge in [-0.15, -0.1) is 0 Å². The monoisotopic (exact) mass is 267 g/mol. The van der Waals surface area contributed by atoms with Crippen molar-refractivity contribution < 1.29 is 9.53 Å². The Morgan fingerprint density at radius 2 is 2.27 bits per heavy atom. The Morgan fingerprint density at radius 1 is 1.47 bits per heavy atom. The summed E-state index contributed by atoms with van der Waals surface area (Å²) in [4.78, 5) is 14.5. The zero-order chi connectivity index (χ0) is 10.8. The highest BCUT2D eigenvalue weighted by molar-refractivity contribution is 9.10. The second-order valence-corrected chi connectivity index (χ2v) is 3.94. The number of aromatic amines is 1. The SMILES string of the molecule is CCOC(=O)c1[nH]cc2c(Br)cccc12. The van der Waals surface area contributed by atoms with Crippen LogP contribution < -0.4 is 0 Å². The van der Waals surface area contributed by atoms with Crippen LogP contribution in [0.1, 0.15) is 17.4 Å². The van der Waals surface area contributed by atoms with Gasteiger partial charge in [0.15, 0.2) is 0 Å². The molecule has 0 saturated carbocycles. The van der Waals surface area contributed by atoms with Gasteiger partial charge in [0, 0.05) is 21.4 Å². The number of halogens is 1. The van der Waals surface area contributed by atoms with Crippen LogP contribution in [-0.4, -0.2) is 17.6 Å². The molecule has 4 heteroatoms. The molecule has 2 rings (SSSR count). The van der Waals surface area contributed by atoms with E-state index in [2.05, 4.69) is 20.9 Å². The fourth-order valence-electron chi connectivity index (χ4n) is 1.50. The lowest BCUT2D eigenvalue weighted by Gasteiger charge is -1.99. The van der Waals surface area contributed by atoms with Crippen LogP contribution in [0.15, 0.2) is 28.9 Å². The Kier molecular flexibility index (Phi) is 2.77. The highest BCUT2D eigenvalue weighted by atomic mass is 79.9. The van der Waals surface area contributed by atoms with Crippen molar-refractivity contribution in [3.63, 3.8) is 0 Å². The van der Waals surface area contributed by atoms with Crippen molar-refractivity contribution in [2.45, 2.75) is 6.92 Å². The number of ether oxygens (including phenoxy) is 1. The number of hydrogen-bond donors (Lipinski definition) is 1. The molecule has 1 N–H and O–H groups in total. The van der Waals surface area contributed by atoms with Crippen molar-refractivity contribution in [1.82, 2.24) is 4.98 Å². The number of hydrogen-bond acceptors (Lipinski definition) is 2. The van der Waals surface area contributed by atoms with E-state index < -0.39 is 0 Å². The zero-order valence-corrected chi connectivity index (χ0v) is 9.80. The molecule has 78 valence electrons. The number of esters is 1. The Labute approximate surface area is 95.6 Å². The fraction of sp³-hybridized carbons (Fsp3) is 0.182. The minimum Gasteiger partial charge on any atom is -0.461 e. The third-order valence-electron chi connectivity index (χ3n) is 2.16. The molecule has 0 unspecified atom stereocenters. The fourth-order valence-corrected chi connectivity index (χ4v) is 1.98. The molecule has 0 amide bonds. The first-order valence-electron chi connectivity index (χ1n) is 4.66. The summed E-state index contributed by atoms with van der Waals surface area (Å²) in [6.45, 7) is 2.17. The number of nitrogens with one attached hydrogen (secondary N) is 1. The number of benzene rings is 1. The lowest BCUT2D eigenvalue weighted by Crippen LogP contribution is -2.05. The van der Waals surface area contributed by atoms with Gasteiger partial charge < -0.3 is 9.72 Å². The summed E-state index contributed by atoms with van der Waals surface area (Å²) in [5, 5.41) is 1.86. The first-order valence-corrected chi connectivity index (χ1v) is 5.46. The van der Waals surface area contributed by atoms with E-state index in [1.807, 2.05) is 18.2 Å². The largest absolute Gasteiger partial charge is 0.461 e. The lowest BCUT2D eigenvalue weighted by molar-refractivity contribution is 0.0522. The Hall–Kier alpha value is -1.29. The van der Waals surface area contributed by atoms with E-state index in [1.54, 1.807) is 13.1 Å². The predicted molar refractivity (Wildman–Crippen MR) is 62.0 cm³/mol. The number of carbonyl (C=O) groups excluding carboxylic acids is 1. The molecule has 2 aromatic rings. The average molecular weight is 268 g/mol. The Morgan fingerprint density at radius 3 is 3.00 bits per heavy atom. The summed E-state index contributed by atoms with van der Waals surface area (Å²) in [6, 6.07) is 5.72. The van der Waals surface area contributed by atoms with Gasteiger partial charge in [-0.2, -0.15) is 0 Å². The van der Waals surface area contributed by atoms with Crippen LogP contribution in [0, 0.1) is 0 Å². The average Bonchev–Trinajstić information content (AvgIpc) is 2.63. The smallest absolute Gasteiger partial charge is 0.355 e. The molecular weight excluding hydrogens is 258 g/mol. The van der Waals surface area contributed by atoms with E-state index in [0.29, 0.717) is 12.3 Å². The van der Waals surface area contributed by atoms with Crippen molar-refractivity contribution in [3.05, 3.63) is 34.6 Å². The minimum absolute atomic E-state index is 0.314. The molecule has 15 heavy (non-hydrogen) atoms. The van der Waals surface area contributed by atoms with E-state index in [9.17, 15) is 4.79 Å². The van der Waals surface area contributed by atoms with Crippen LogP contribution in [0.25, 0.3) is 10.8 Å². The van der Waals surface area contributed by atoms with Gasteiger partial charge in [-0.1, -0.05) is 28.1 Å². The number of carbonyl (C=O) groups is 1. The number of H-pyrrole nitrogens is 1. The van der Waals surface area contributed by atoms with Crippen LogP contribution in [0.4, 0.5) is 0 Å².